The first-order valence-electron chi connectivity index (χ1n) is 11.1. The van der Waals surface area contributed by atoms with Gasteiger partial charge in [0.2, 0.25) is 5.91 Å². The molecule has 0 aliphatic carbocycles. The van der Waals surface area contributed by atoms with Gasteiger partial charge in [0.15, 0.2) is 0 Å². The Morgan fingerprint density at radius 2 is 1.91 bits per heavy atom. The van der Waals surface area contributed by atoms with Gasteiger partial charge in [-0.1, -0.05) is 12.1 Å². The molecule has 4 heterocycles. The molecule has 7 heteroatoms. The highest BCUT2D eigenvalue weighted by Gasteiger charge is 2.41. The van der Waals surface area contributed by atoms with Crippen molar-refractivity contribution in [3.8, 4) is 0 Å². The normalized spacial score (nSPS) is 17.6. The predicted octanol–water partition coefficient (Wildman–Crippen LogP) is 4.37. The lowest BCUT2D eigenvalue weighted by molar-refractivity contribution is -0.139. The van der Waals surface area contributed by atoms with Gasteiger partial charge in [0.1, 0.15) is 0 Å². The van der Waals surface area contributed by atoms with Gasteiger partial charge in [-0.25, -0.2) is 0 Å². The summed E-state index contributed by atoms with van der Waals surface area (Å²) in [5.74, 6) is -0.828. The first kappa shape index (κ1) is 19.7. The molecule has 0 saturated heterocycles. The number of benzene rings is 2. The fourth-order valence-corrected chi connectivity index (χ4v) is 5.17. The fourth-order valence-electron chi connectivity index (χ4n) is 5.17. The van der Waals surface area contributed by atoms with Crippen LogP contribution in [-0.2, 0) is 9.59 Å². The average Bonchev–Trinajstić information content (AvgIpc) is 3.29. The highest BCUT2D eigenvalue weighted by atomic mass is 16.2. The maximum absolute atomic E-state index is 13.6. The van der Waals surface area contributed by atoms with Gasteiger partial charge >= 0.3 is 0 Å². The van der Waals surface area contributed by atoms with E-state index in [9.17, 15) is 9.59 Å². The molecule has 2 aromatic carbocycles. The fraction of sp³-hybridized carbons (Fsp3) is 0.231. The van der Waals surface area contributed by atoms with Gasteiger partial charge in [0.25, 0.3) is 5.91 Å². The molecule has 0 spiro atoms. The van der Waals surface area contributed by atoms with Crippen LogP contribution in [0.3, 0.4) is 0 Å². The van der Waals surface area contributed by atoms with E-state index in [1.807, 2.05) is 30.3 Å². The summed E-state index contributed by atoms with van der Waals surface area (Å²) in [6.45, 7) is 5.99. The van der Waals surface area contributed by atoms with Crippen molar-refractivity contribution in [2.45, 2.75) is 32.7 Å². The van der Waals surface area contributed by atoms with Gasteiger partial charge in [-0.3, -0.25) is 24.5 Å². The third-order valence-corrected chi connectivity index (χ3v) is 6.65. The molecule has 164 valence electrons. The van der Waals surface area contributed by atoms with E-state index in [1.165, 1.54) is 11.8 Å². The largest absolute Gasteiger partial charge is 0.356 e. The number of nitrogens with zero attached hydrogens (tertiary/aromatic N) is 4. The maximum atomic E-state index is 13.6. The van der Waals surface area contributed by atoms with E-state index in [2.05, 4.69) is 46.0 Å². The second kappa shape index (κ2) is 7.00. The third kappa shape index (κ3) is 2.81. The molecule has 33 heavy (non-hydrogen) atoms. The lowest BCUT2D eigenvalue weighted by Crippen LogP contribution is -2.33. The van der Waals surface area contributed by atoms with Gasteiger partial charge in [0, 0.05) is 54.2 Å². The molecule has 0 unspecified atom stereocenters. The van der Waals surface area contributed by atoms with Crippen LogP contribution in [0.15, 0.2) is 66.3 Å². The van der Waals surface area contributed by atoms with Crippen molar-refractivity contribution in [2.75, 3.05) is 11.9 Å². The van der Waals surface area contributed by atoms with Crippen LogP contribution in [0.25, 0.3) is 21.9 Å². The zero-order valence-corrected chi connectivity index (χ0v) is 18.7. The van der Waals surface area contributed by atoms with Crippen LogP contribution in [0.4, 0.5) is 5.69 Å². The van der Waals surface area contributed by atoms with Crippen LogP contribution in [0.1, 0.15) is 43.9 Å². The molecule has 2 aliphatic heterocycles. The highest BCUT2D eigenvalue weighted by Crippen LogP contribution is 2.47. The third-order valence-electron chi connectivity index (χ3n) is 6.65. The number of amides is 2. The molecule has 2 aliphatic rings. The number of imide groups is 1. The van der Waals surface area contributed by atoms with Crippen molar-refractivity contribution in [3.05, 3.63) is 77.4 Å². The van der Waals surface area contributed by atoms with Crippen LogP contribution in [0.2, 0.25) is 0 Å². The summed E-state index contributed by atoms with van der Waals surface area (Å²) >= 11 is 0. The second-order valence-corrected chi connectivity index (χ2v) is 8.95. The Bertz CT molecular complexity index is 1510. The molecule has 0 bridgehead atoms. The van der Waals surface area contributed by atoms with Crippen molar-refractivity contribution < 1.29 is 9.59 Å². The molecule has 4 aromatic rings. The molecule has 0 fully saturated rings. The number of rotatable bonds is 2. The summed E-state index contributed by atoms with van der Waals surface area (Å²) in [6, 6.07) is 12.4. The van der Waals surface area contributed by atoms with Crippen LogP contribution >= 0.6 is 0 Å². The number of anilines is 1. The second-order valence-electron chi connectivity index (χ2n) is 8.95. The van der Waals surface area contributed by atoms with Crippen molar-refractivity contribution in [3.63, 3.8) is 0 Å². The number of fused-ring (bicyclic) bond motifs is 1. The SMILES string of the molecule is CC(=O)N1CC2=C(C1=O)[C@@H](c1ccc3nccnc3c1)c1cn(C(C)C)c3cccc(c13)N2. The number of carbonyl (C=O) groups excluding carboxylic acids is 2. The molecular formula is C26H23N5O2. The Balaban J connectivity index is 1.67. The Labute approximate surface area is 190 Å². The van der Waals surface area contributed by atoms with Crippen LogP contribution in [0, 0.1) is 0 Å². The Hall–Kier alpha value is -4.00. The minimum absolute atomic E-state index is 0.243. The topological polar surface area (TPSA) is 80.1 Å². The average molecular weight is 438 g/mol. The minimum atomic E-state index is -0.332. The molecule has 1 N–H and O–H groups in total. The number of hydrogen-bond donors (Lipinski definition) is 1. The lowest BCUT2D eigenvalue weighted by Gasteiger charge is -2.20. The highest BCUT2D eigenvalue weighted by molar-refractivity contribution is 6.11. The number of aromatic nitrogens is 3. The van der Waals surface area contributed by atoms with Crippen LogP contribution in [-0.4, -0.2) is 37.8 Å². The quantitative estimate of drug-likeness (QED) is 0.504. The number of carbonyl (C=O) groups is 2. The summed E-state index contributed by atoms with van der Waals surface area (Å²) in [7, 11) is 0. The van der Waals surface area contributed by atoms with Crippen LogP contribution in [0.5, 0.6) is 0 Å². The van der Waals surface area contributed by atoms with Crippen molar-refractivity contribution >= 4 is 39.4 Å². The molecule has 2 aromatic heterocycles. The summed E-state index contributed by atoms with van der Waals surface area (Å²) in [5.41, 5.74) is 7.05. The van der Waals surface area contributed by atoms with E-state index >= 15 is 0 Å². The zero-order valence-electron chi connectivity index (χ0n) is 18.7. The van der Waals surface area contributed by atoms with Gasteiger partial charge < -0.3 is 9.88 Å². The summed E-state index contributed by atoms with van der Waals surface area (Å²) in [6.07, 6.45) is 5.50. The summed E-state index contributed by atoms with van der Waals surface area (Å²) < 4.78 is 2.25. The molecular weight excluding hydrogens is 414 g/mol. The monoisotopic (exact) mass is 437 g/mol. The zero-order chi connectivity index (χ0) is 22.9. The molecule has 1 atom stereocenters. The van der Waals surface area contributed by atoms with Gasteiger partial charge in [-0.05, 0) is 49.2 Å². The van der Waals surface area contributed by atoms with Crippen molar-refractivity contribution in [1.82, 2.24) is 19.4 Å². The minimum Gasteiger partial charge on any atom is -0.356 e. The molecule has 0 radical (unpaired) electrons. The standard InChI is InChI=1S/C26H23N5O2/c1-14(2)30-12-17-23(16-7-8-18-20(11-16)28-10-9-27-18)25-21(13-31(15(3)32)26(25)33)29-19-5-4-6-22(30)24(17)19/h4-12,14,23,29H,13H2,1-3H3/t23-/m0/s1. The van der Waals surface area contributed by atoms with E-state index in [0.29, 0.717) is 5.57 Å². The Morgan fingerprint density at radius 3 is 2.67 bits per heavy atom. The van der Waals surface area contributed by atoms with E-state index in [0.717, 1.165) is 44.4 Å². The van der Waals surface area contributed by atoms with Crippen molar-refractivity contribution in [2.24, 2.45) is 0 Å². The van der Waals surface area contributed by atoms with E-state index < -0.39 is 0 Å². The maximum Gasteiger partial charge on any atom is 0.259 e. The number of hydrogen-bond acceptors (Lipinski definition) is 5. The number of nitrogens with one attached hydrogen (secondary N) is 1. The molecule has 0 saturated carbocycles. The summed E-state index contributed by atoms with van der Waals surface area (Å²) in [5, 5.41) is 4.62. The van der Waals surface area contributed by atoms with Crippen LogP contribution < -0.4 is 5.32 Å². The molecule has 7 nitrogen and oxygen atoms in total. The first-order chi connectivity index (χ1) is 15.9. The van der Waals surface area contributed by atoms with E-state index in [-0.39, 0.29) is 30.3 Å². The van der Waals surface area contributed by atoms with Gasteiger partial charge in [0.05, 0.1) is 28.7 Å². The summed E-state index contributed by atoms with van der Waals surface area (Å²) in [4.78, 5) is 36.0. The molecule has 2 amide bonds. The van der Waals surface area contributed by atoms with Gasteiger partial charge in [-0.2, -0.15) is 0 Å². The van der Waals surface area contributed by atoms with E-state index in [4.69, 9.17) is 0 Å². The Kier molecular flexibility index (Phi) is 4.17. The smallest absolute Gasteiger partial charge is 0.259 e. The lowest BCUT2D eigenvalue weighted by atomic mass is 9.84. The molecule has 6 rings (SSSR count). The van der Waals surface area contributed by atoms with Crippen molar-refractivity contribution in [1.29, 1.82) is 0 Å². The van der Waals surface area contributed by atoms with Gasteiger partial charge in [-0.15, -0.1) is 0 Å². The first-order valence-corrected chi connectivity index (χ1v) is 11.1. The Morgan fingerprint density at radius 1 is 1.12 bits per heavy atom. The predicted molar refractivity (Wildman–Crippen MR) is 127 cm³/mol. The van der Waals surface area contributed by atoms with E-state index in [1.54, 1.807) is 12.4 Å².